The van der Waals surface area contributed by atoms with Crippen molar-refractivity contribution in [2.45, 2.75) is 24.6 Å². The van der Waals surface area contributed by atoms with E-state index in [1.807, 2.05) is 6.92 Å². The molecule has 0 aliphatic carbocycles. The second-order valence-electron chi connectivity index (χ2n) is 5.32. The van der Waals surface area contributed by atoms with Crippen molar-refractivity contribution < 1.29 is 19.1 Å². The van der Waals surface area contributed by atoms with E-state index < -0.39 is 10.6 Å². The molecule has 150 valence electrons. The highest BCUT2D eigenvalue weighted by atomic mass is 32.2. The highest BCUT2D eigenvalue weighted by Crippen LogP contribution is 2.37. The van der Waals surface area contributed by atoms with Gasteiger partial charge in [0.15, 0.2) is 10.0 Å². The van der Waals surface area contributed by atoms with Crippen molar-refractivity contribution >= 4 is 39.7 Å². The van der Waals surface area contributed by atoms with E-state index in [2.05, 4.69) is 32.4 Å². The standard InChI is InChI=1S/C15H18N6O5S2/c1-9(21(23)24)13-14(20-26-19-13)12(28-15-18-17-10(2)27-15)5-7-16-6-4-8-25-11(3)22/h5,16H,1,4,6-8H2,2-3H3/b12-5+. The van der Waals surface area contributed by atoms with E-state index in [0.29, 0.717) is 35.4 Å². The zero-order valence-corrected chi connectivity index (χ0v) is 16.8. The van der Waals surface area contributed by atoms with Crippen LogP contribution in [0.5, 0.6) is 0 Å². The number of aryl methyl sites for hydroxylation is 1. The van der Waals surface area contributed by atoms with Gasteiger partial charge in [-0.3, -0.25) is 14.9 Å². The summed E-state index contributed by atoms with van der Waals surface area (Å²) in [6, 6.07) is 0. The third-order valence-corrected chi connectivity index (χ3v) is 5.12. The zero-order valence-electron chi connectivity index (χ0n) is 15.2. The van der Waals surface area contributed by atoms with Crippen molar-refractivity contribution in [2.24, 2.45) is 0 Å². The Hall–Kier alpha value is -2.64. The predicted molar refractivity (Wildman–Crippen MR) is 103 cm³/mol. The molecular formula is C15H18N6O5S2. The van der Waals surface area contributed by atoms with Crippen molar-refractivity contribution in [1.29, 1.82) is 0 Å². The number of nitrogens with one attached hydrogen (secondary N) is 1. The highest BCUT2D eigenvalue weighted by molar-refractivity contribution is 8.09. The fraction of sp³-hybridized carbons (Fsp3) is 0.400. The molecule has 2 rings (SSSR count). The maximum atomic E-state index is 11.0. The summed E-state index contributed by atoms with van der Waals surface area (Å²) in [5, 5.41) is 30.4. The van der Waals surface area contributed by atoms with E-state index >= 15 is 0 Å². The molecule has 13 heteroatoms. The molecule has 0 aliphatic rings. The monoisotopic (exact) mass is 426 g/mol. The molecule has 2 aromatic rings. The Morgan fingerprint density at radius 3 is 2.82 bits per heavy atom. The third kappa shape index (κ3) is 6.51. The SMILES string of the molecule is C=C(c1nonc1/C(=C\CNCCCOC(C)=O)Sc1nnc(C)s1)[N+](=O)[O-]. The number of hydrogen-bond acceptors (Lipinski definition) is 12. The van der Waals surface area contributed by atoms with Gasteiger partial charge >= 0.3 is 5.97 Å². The molecule has 0 atom stereocenters. The van der Waals surface area contributed by atoms with Crippen LogP contribution in [-0.4, -0.2) is 51.1 Å². The molecule has 0 saturated carbocycles. The van der Waals surface area contributed by atoms with E-state index in [0.717, 1.165) is 5.01 Å². The van der Waals surface area contributed by atoms with Crippen LogP contribution in [0, 0.1) is 17.0 Å². The molecule has 0 aromatic carbocycles. The van der Waals surface area contributed by atoms with Crippen LogP contribution in [0.3, 0.4) is 0 Å². The molecule has 0 aliphatic heterocycles. The maximum absolute atomic E-state index is 11.0. The van der Waals surface area contributed by atoms with Crippen LogP contribution >= 0.6 is 23.1 Å². The fourth-order valence-electron chi connectivity index (χ4n) is 1.91. The number of ether oxygens (including phenoxy) is 1. The van der Waals surface area contributed by atoms with Gasteiger partial charge in [-0.15, -0.1) is 10.2 Å². The molecule has 2 heterocycles. The van der Waals surface area contributed by atoms with Crippen LogP contribution < -0.4 is 5.32 Å². The van der Waals surface area contributed by atoms with E-state index in [-0.39, 0.29) is 17.4 Å². The second kappa shape index (κ2) is 10.6. The van der Waals surface area contributed by atoms with Gasteiger partial charge in [0.2, 0.25) is 5.69 Å². The van der Waals surface area contributed by atoms with Crippen molar-refractivity contribution in [3.8, 4) is 0 Å². The molecule has 0 spiro atoms. The Labute approximate surface area is 168 Å². The van der Waals surface area contributed by atoms with Gasteiger partial charge in [-0.2, -0.15) is 0 Å². The fourth-order valence-corrected chi connectivity index (χ4v) is 3.79. The number of nitrogens with zero attached hydrogens (tertiary/aromatic N) is 5. The lowest BCUT2D eigenvalue weighted by Gasteiger charge is -2.05. The Morgan fingerprint density at radius 2 is 2.18 bits per heavy atom. The summed E-state index contributed by atoms with van der Waals surface area (Å²) in [6.07, 6.45) is 2.45. The minimum Gasteiger partial charge on any atom is -0.466 e. The minimum absolute atomic E-state index is 0.0418. The summed E-state index contributed by atoms with van der Waals surface area (Å²) < 4.78 is 10.2. The number of carbonyl (C=O) groups is 1. The highest BCUT2D eigenvalue weighted by Gasteiger charge is 2.25. The molecule has 11 nitrogen and oxygen atoms in total. The number of hydrogen-bond donors (Lipinski definition) is 1. The Bertz CT molecular complexity index is 878. The largest absolute Gasteiger partial charge is 0.466 e. The smallest absolute Gasteiger partial charge is 0.302 e. The first-order valence-corrected chi connectivity index (χ1v) is 9.70. The molecule has 0 fully saturated rings. The topological polar surface area (TPSA) is 146 Å². The van der Waals surface area contributed by atoms with Crippen molar-refractivity contribution in [1.82, 2.24) is 25.8 Å². The lowest BCUT2D eigenvalue weighted by Crippen LogP contribution is -2.17. The Morgan fingerprint density at radius 1 is 1.43 bits per heavy atom. The quantitative estimate of drug-likeness (QED) is 0.185. The van der Waals surface area contributed by atoms with E-state index in [1.54, 1.807) is 6.08 Å². The zero-order chi connectivity index (χ0) is 20.5. The molecule has 0 unspecified atom stereocenters. The van der Waals surface area contributed by atoms with Gasteiger partial charge in [-0.05, 0) is 36.8 Å². The van der Waals surface area contributed by atoms with Gasteiger partial charge in [0.1, 0.15) is 5.01 Å². The van der Waals surface area contributed by atoms with Crippen LogP contribution in [0.25, 0.3) is 10.6 Å². The molecule has 0 amide bonds. The molecule has 2 aromatic heterocycles. The number of esters is 1. The Balaban J connectivity index is 2.10. The summed E-state index contributed by atoms with van der Waals surface area (Å²) in [6.45, 7) is 7.99. The summed E-state index contributed by atoms with van der Waals surface area (Å²) >= 11 is 2.64. The van der Waals surface area contributed by atoms with Crippen LogP contribution in [0.1, 0.15) is 29.7 Å². The summed E-state index contributed by atoms with van der Waals surface area (Å²) in [7, 11) is 0. The van der Waals surface area contributed by atoms with Crippen molar-refractivity contribution in [3.63, 3.8) is 0 Å². The molecule has 0 radical (unpaired) electrons. The summed E-state index contributed by atoms with van der Waals surface area (Å²) in [5.41, 5.74) is -0.244. The van der Waals surface area contributed by atoms with Crippen molar-refractivity contribution in [2.75, 3.05) is 19.7 Å². The molecule has 1 N–H and O–H groups in total. The van der Waals surface area contributed by atoms with Crippen molar-refractivity contribution in [3.05, 3.63) is 39.2 Å². The second-order valence-corrected chi connectivity index (χ2v) is 7.79. The molecule has 0 bridgehead atoms. The minimum atomic E-state index is -0.645. The number of thioether (sulfide) groups is 1. The normalized spacial score (nSPS) is 11.4. The van der Waals surface area contributed by atoms with Gasteiger partial charge in [-0.1, -0.05) is 29.2 Å². The first-order valence-electron chi connectivity index (χ1n) is 8.07. The van der Waals surface area contributed by atoms with Gasteiger partial charge in [0.05, 0.1) is 11.5 Å². The van der Waals surface area contributed by atoms with E-state index in [4.69, 9.17) is 9.37 Å². The van der Waals surface area contributed by atoms with Gasteiger partial charge < -0.3 is 10.1 Å². The lowest BCUT2D eigenvalue weighted by atomic mass is 10.2. The summed E-state index contributed by atoms with van der Waals surface area (Å²) in [4.78, 5) is 21.7. The van der Waals surface area contributed by atoms with E-state index in [1.165, 1.54) is 30.0 Å². The summed E-state index contributed by atoms with van der Waals surface area (Å²) in [5.74, 6) is -0.317. The molecule has 0 saturated heterocycles. The van der Waals surface area contributed by atoms with E-state index in [9.17, 15) is 14.9 Å². The third-order valence-electron chi connectivity index (χ3n) is 3.16. The first-order chi connectivity index (χ1) is 13.4. The number of rotatable bonds is 11. The Kier molecular flexibility index (Phi) is 8.22. The molecule has 28 heavy (non-hydrogen) atoms. The van der Waals surface area contributed by atoms with Gasteiger partial charge in [-0.25, -0.2) is 4.63 Å². The predicted octanol–water partition coefficient (Wildman–Crippen LogP) is 2.15. The number of nitro groups is 1. The molecular weight excluding hydrogens is 408 g/mol. The van der Waals surface area contributed by atoms with Crippen LogP contribution in [-0.2, 0) is 9.53 Å². The maximum Gasteiger partial charge on any atom is 0.302 e. The number of carbonyl (C=O) groups excluding carboxylic acids is 1. The first kappa shape index (κ1) is 21.7. The average molecular weight is 426 g/mol. The number of aromatic nitrogens is 4. The lowest BCUT2D eigenvalue weighted by molar-refractivity contribution is -0.375. The van der Waals surface area contributed by atoms with Crippen LogP contribution in [0.2, 0.25) is 0 Å². The van der Waals surface area contributed by atoms with Crippen LogP contribution in [0.15, 0.2) is 21.6 Å². The average Bonchev–Trinajstić information content (AvgIpc) is 3.27. The van der Waals surface area contributed by atoms with Crippen LogP contribution in [0.4, 0.5) is 0 Å². The van der Waals surface area contributed by atoms with Gasteiger partial charge in [0.25, 0.3) is 5.70 Å². The van der Waals surface area contributed by atoms with Gasteiger partial charge in [0, 0.05) is 18.4 Å².